The Morgan fingerprint density at radius 2 is 2.18 bits per heavy atom. The fourth-order valence-corrected chi connectivity index (χ4v) is 1.28. The van der Waals surface area contributed by atoms with E-state index in [0.717, 1.165) is 17.2 Å². The zero-order valence-electron chi connectivity index (χ0n) is 8.95. The first-order valence-corrected chi connectivity index (χ1v) is 4.68. The van der Waals surface area contributed by atoms with Gasteiger partial charge in [0.1, 0.15) is 17.9 Å². The van der Waals surface area contributed by atoms with Gasteiger partial charge in [0.05, 0.1) is 0 Å². The second kappa shape index (κ2) is 5.03. The molecule has 4 nitrogen and oxygen atoms in total. The Morgan fingerprint density at radius 3 is 2.71 bits per heavy atom. The number of ether oxygens (including phenoxy) is 1. The molecule has 0 aromatic heterocycles. The van der Waals surface area contributed by atoms with Crippen LogP contribution in [0.5, 0.6) is 0 Å². The minimum Gasteiger partial charge on any atom is -0.489 e. The van der Waals surface area contributed by atoms with Gasteiger partial charge in [-0.1, -0.05) is 6.08 Å². The molecule has 1 aliphatic heterocycles. The van der Waals surface area contributed by atoms with Crippen molar-refractivity contribution in [2.75, 3.05) is 13.7 Å². The van der Waals surface area contributed by atoms with Crippen LogP contribution in [0.4, 0.5) is 13.2 Å². The standard InChI is InChI=1S/C10H10F3NO3/c1-14-6-7(17-5-4-15)2-3-8(9(14)16)10(11,12)13/h3-4,6H,2,5H2,1H3. The number of hydrogen-bond donors (Lipinski definition) is 0. The van der Waals surface area contributed by atoms with Gasteiger partial charge in [0.15, 0.2) is 6.29 Å². The van der Waals surface area contributed by atoms with Gasteiger partial charge in [0.25, 0.3) is 5.91 Å². The van der Waals surface area contributed by atoms with Gasteiger partial charge in [-0.05, 0) is 0 Å². The van der Waals surface area contributed by atoms with Crippen LogP contribution >= 0.6 is 0 Å². The lowest BCUT2D eigenvalue weighted by Gasteiger charge is -2.15. The van der Waals surface area contributed by atoms with Crippen LogP contribution in [0.3, 0.4) is 0 Å². The Kier molecular flexibility index (Phi) is 3.93. The van der Waals surface area contributed by atoms with E-state index in [9.17, 15) is 22.8 Å². The molecule has 0 atom stereocenters. The molecule has 1 heterocycles. The molecule has 94 valence electrons. The lowest BCUT2D eigenvalue weighted by molar-refractivity contribution is -0.136. The first-order chi connectivity index (χ1) is 7.86. The van der Waals surface area contributed by atoms with Crippen LogP contribution in [0.2, 0.25) is 0 Å². The van der Waals surface area contributed by atoms with Gasteiger partial charge < -0.3 is 9.64 Å². The molecule has 0 saturated heterocycles. The monoisotopic (exact) mass is 249 g/mol. The molecule has 1 rings (SSSR count). The molecule has 0 aromatic rings. The first kappa shape index (κ1) is 13.3. The highest BCUT2D eigenvalue weighted by Gasteiger charge is 2.40. The van der Waals surface area contributed by atoms with Gasteiger partial charge in [0, 0.05) is 19.7 Å². The van der Waals surface area contributed by atoms with Crippen molar-refractivity contribution in [1.29, 1.82) is 0 Å². The van der Waals surface area contributed by atoms with Crippen molar-refractivity contribution in [3.63, 3.8) is 0 Å². The summed E-state index contributed by atoms with van der Waals surface area (Å²) in [4.78, 5) is 22.2. The van der Waals surface area contributed by atoms with Crippen molar-refractivity contribution in [3.05, 3.63) is 23.6 Å². The first-order valence-electron chi connectivity index (χ1n) is 4.68. The van der Waals surface area contributed by atoms with E-state index in [2.05, 4.69) is 0 Å². The molecular formula is C10H10F3NO3. The number of likely N-dealkylation sites (N-methyl/N-ethyl adjacent to an activating group) is 1. The second-order valence-electron chi connectivity index (χ2n) is 3.31. The Balaban J connectivity index is 2.93. The van der Waals surface area contributed by atoms with Crippen LogP contribution in [0.25, 0.3) is 0 Å². The van der Waals surface area contributed by atoms with E-state index in [1.165, 1.54) is 7.05 Å². The maximum atomic E-state index is 12.5. The highest BCUT2D eigenvalue weighted by molar-refractivity contribution is 5.95. The van der Waals surface area contributed by atoms with E-state index in [-0.39, 0.29) is 18.8 Å². The van der Waals surface area contributed by atoms with Crippen LogP contribution < -0.4 is 0 Å². The van der Waals surface area contributed by atoms with Crippen molar-refractivity contribution < 1.29 is 27.5 Å². The number of aldehydes is 1. The van der Waals surface area contributed by atoms with Crippen LogP contribution in [0.1, 0.15) is 6.42 Å². The molecule has 17 heavy (non-hydrogen) atoms. The zero-order chi connectivity index (χ0) is 13.1. The second-order valence-corrected chi connectivity index (χ2v) is 3.31. The fraction of sp³-hybridized carbons (Fsp3) is 0.400. The number of rotatable bonds is 3. The minimum atomic E-state index is -4.70. The number of allylic oxidation sites excluding steroid dienone is 1. The Labute approximate surface area is 95.3 Å². The van der Waals surface area contributed by atoms with E-state index in [1.54, 1.807) is 0 Å². The van der Waals surface area contributed by atoms with Gasteiger partial charge in [-0.2, -0.15) is 13.2 Å². The maximum absolute atomic E-state index is 12.5. The molecule has 0 radical (unpaired) electrons. The third-order valence-corrected chi connectivity index (χ3v) is 2.04. The van der Waals surface area contributed by atoms with E-state index in [4.69, 9.17) is 4.74 Å². The van der Waals surface area contributed by atoms with E-state index in [1.807, 2.05) is 0 Å². The molecule has 1 amide bonds. The molecule has 0 fully saturated rings. The summed E-state index contributed by atoms with van der Waals surface area (Å²) < 4.78 is 42.3. The van der Waals surface area contributed by atoms with E-state index >= 15 is 0 Å². The molecule has 0 bridgehead atoms. The number of alkyl halides is 3. The van der Waals surface area contributed by atoms with Crippen LogP contribution in [-0.4, -0.2) is 36.9 Å². The molecule has 0 unspecified atom stereocenters. The van der Waals surface area contributed by atoms with Crippen LogP contribution in [0.15, 0.2) is 23.6 Å². The fourth-order valence-electron chi connectivity index (χ4n) is 1.28. The lowest BCUT2D eigenvalue weighted by Crippen LogP contribution is -2.29. The van der Waals surface area contributed by atoms with Crippen molar-refractivity contribution in [2.45, 2.75) is 12.6 Å². The van der Waals surface area contributed by atoms with E-state index in [0.29, 0.717) is 6.29 Å². The predicted octanol–water partition coefficient (Wildman–Crippen LogP) is 1.39. The van der Waals surface area contributed by atoms with Crippen molar-refractivity contribution >= 4 is 12.2 Å². The van der Waals surface area contributed by atoms with Crippen molar-refractivity contribution in [2.24, 2.45) is 0 Å². The van der Waals surface area contributed by atoms with Gasteiger partial charge in [-0.15, -0.1) is 0 Å². The molecule has 0 N–H and O–H groups in total. The summed E-state index contributed by atoms with van der Waals surface area (Å²) in [6.07, 6.45) is -2.51. The molecular weight excluding hydrogens is 239 g/mol. The quantitative estimate of drug-likeness (QED) is 0.710. The average molecular weight is 249 g/mol. The summed E-state index contributed by atoms with van der Waals surface area (Å²) in [6, 6.07) is 0. The molecule has 7 heteroatoms. The van der Waals surface area contributed by atoms with Gasteiger partial charge in [-0.3, -0.25) is 9.59 Å². The number of carbonyl (C=O) groups is 2. The number of halogens is 3. The van der Waals surface area contributed by atoms with Crippen molar-refractivity contribution in [3.8, 4) is 0 Å². The average Bonchev–Trinajstić information content (AvgIpc) is 2.36. The molecule has 0 aromatic carbocycles. The largest absolute Gasteiger partial charge is 0.489 e. The summed E-state index contributed by atoms with van der Waals surface area (Å²) in [6.45, 7) is -0.261. The number of nitrogens with zero attached hydrogens (tertiary/aromatic N) is 1. The Hall–Kier alpha value is -1.79. The molecule has 0 aliphatic carbocycles. The normalized spacial score (nSPS) is 17.2. The molecule has 0 saturated carbocycles. The smallest absolute Gasteiger partial charge is 0.421 e. The Bertz CT molecular complexity index is 385. The van der Waals surface area contributed by atoms with E-state index < -0.39 is 17.7 Å². The lowest BCUT2D eigenvalue weighted by atomic mass is 10.2. The highest BCUT2D eigenvalue weighted by Crippen LogP contribution is 2.29. The van der Waals surface area contributed by atoms with Gasteiger partial charge in [-0.25, -0.2) is 0 Å². The van der Waals surface area contributed by atoms with Crippen molar-refractivity contribution in [1.82, 2.24) is 4.90 Å². The number of carbonyl (C=O) groups excluding carboxylic acids is 2. The minimum absolute atomic E-state index is 0.132. The third-order valence-electron chi connectivity index (χ3n) is 2.04. The van der Waals surface area contributed by atoms with Crippen LogP contribution in [0, 0.1) is 0 Å². The van der Waals surface area contributed by atoms with Gasteiger partial charge in [0.2, 0.25) is 0 Å². The maximum Gasteiger partial charge on any atom is 0.421 e. The third kappa shape index (κ3) is 3.33. The van der Waals surface area contributed by atoms with Gasteiger partial charge >= 0.3 is 6.18 Å². The highest BCUT2D eigenvalue weighted by atomic mass is 19.4. The number of amides is 1. The molecule has 1 aliphatic rings. The predicted molar refractivity (Wildman–Crippen MR) is 51.6 cm³/mol. The van der Waals surface area contributed by atoms with Crippen LogP contribution in [-0.2, 0) is 14.3 Å². The Morgan fingerprint density at radius 1 is 1.53 bits per heavy atom. The number of hydrogen-bond acceptors (Lipinski definition) is 3. The molecule has 0 spiro atoms. The topological polar surface area (TPSA) is 46.6 Å². The summed E-state index contributed by atoms with van der Waals surface area (Å²) in [5, 5.41) is 0. The summed E-state index contributed by atoms with van der Waals surface area (Å²) in [5.74, 6) is -1.02. The summed E-state index contributed by atoms with van der Waals surface area (Å²) in [5.41, 5.74) is -1.24. The SMILES string of the molecule is CN1C=C(OCC=O)CC=C(C(F)(F)F)C1=O. The summed E-state index contributed by atoms with van der Waals surface area (Å²) in [7, 11) is 1.19. The zero-order valence-corrected chi connectivity index (χ0v) is 8.95. The summed E-state index contributed by atoms with van der Waals surface area (Å²) >= 11 is 0.